The lowest BCUT2D eigenvalue weighted by Gasteiger charge is -2.35. The molecule has 1 N–H and O–H groups in total. The minimum absolute atomic E-state index is 0.0811. The maximum atomic E-state index is 12.8. The van der Waals surface area contributed by atoms with Crippen LogP contribution in [0.3, 0.4) is 0 Å². The van der Waals surface area contributed by atoms with Crippen molar-refractivity contribution < 1.29 is 9.53 Å². The molecule has 1 fully saturated rings. The van der Waals surface area contributed by atoms with Crippen LogP contribution in [0.15, 0.2) is 29.4 Å². The second kappa shape index (κ2) is 9.65. The fourth-order valence-corrected chi connectivity index (χ4v) is 4.83. The molecule has 29 heavy (non-hydrogen) atoms. The van der Waals surface area contributed by atoms with Crippen molar-refractivity contribution in [2.24, 2.45) is 11.8 Å². The molecule has 0 spiro atoms. The molecule has 0 aliphatic heterocycles. The Balaban J connectivity index is 1.69. The number of carbonyl (C=O) groups excluding carboxylic acids is 1. The summed E-state index contributed by atoms with van der Waals surface area (Å²) in [6.45, 7) is 9.28. The van der Waals surface area contributed by atoms with Gasteiger partial charge in [0.1, 0.15) is 5.75 Å². The highest BCUT2D eigenvalue weighted by Crippen LogP contribution is 2.31. The Morgan fingerprint density at radius 1 is 1.28 bits per heavy atom. The van der Waals surface area contributed by atoms with Gasteiger partial charge >= 0.3 is 0 Å². The Labute approximate surface area is 177 Å². The zero-order valence-corrected chi connectivity index (χ0v) is 18.8. The van der Waals surface area contributed by atoms with E-state index in [0.29, 0.717) is 11.8 Å². The van der Waals surface area contributed by atoms with Crippen LogP contribution in [0.2, 0.25) is 0 Å². The fourth-order valence-electron chi connectivity index (χ4n) is 3.91. The van der Waals surface area contributed by atoms with E-state index in [-0.39, 0.29) is 17.2 Å². The van der Waals surface area contributed by atoms with E-state index in [1.54, 1.807) is 7.11 Å². The van der Waals surface area contributed by atoms with Crippen LogP contribution in [0.25, 0.3) is 11.4 Å². The van der Waals surface area contributed by atoms with Crippen LogP contribution in [0, 0.1) is 11.8 Å². The van der Waals surface area contributed by atoms with Crippen LogP contribution < -0.4 is 10.1 Å². The lowest BCUT2D eigenvalue weighted by molar-refractivity contribution is -0.121. The van der Waals surface area contributed by atoms with Crippen molar-refractivity contribution in [3.05, 3.63) is 24.3 Å². The highest BCUT2D eigenvalue weighted by atomic mass is 32.2. The molecule has 1 aromatic carbocycles. The number of amides is 1. The van der Waals surface area contributed by atoms with Gasteiger partial charge in [0, 0.05) is 18.2 Å². The van der Waals surface area contributed by atoms with Gasteiger partial charge in [-0.25, -0.2) is 0 Å². The largest absolute Gasteiger partial charge is 0.497 e. The first kappa shape index (κ1) is 21.7. The number of rotatable bonds is 7. The first-order chi connectivity index (χ1) is 13.9. The number of ether oxygens (including phenoxy) is 1. The Bertz CT molecular complexity index is 821. The zero-order chi connectivity index (χ0) is 21.0. The third-order valence-corrected chi connectivity index (χ3v) is 7.15. The Hall–Kier alpha value is -2.02. The molecule has 0 unspecified atom stereocenters. The van der Waals surface area contributed by atoms with Crippen LogP contribution in [0.1, 0.15) is 47.0 Å². The Morgan fingerprint density at radius 3 is 2.66 bits per heavy atom. The number of nitrogens with one attached hydrogen (secondary N) is 1. The highest BCUT2D eigenvalue weighted by molar-refractivity contribution is 8.00. The quantitative estimate of drug-likeness (QED) is 0.678. The van der Waals surface area contributed by atoms with E-state index in [1.807, 2.05) is 31.2 Å². The van der Waals surface area contributed by atoms with Gasteiger partial charge in [0.25, 0.3) is 0 Å². The number of aromatic nitrogens is 3. The van der Waals surface area contributed by atoms with Crippen LogP contribution in [0.4, 0.5) is 0 Å². The van der Waals surface area contributed by atoms with Crippen LogP contribution in [0.5, 0.6) is 5.75 Å². The van der Waals surface area contributed by atoms with Gasteiger partial charge in [-0.05, 0) is 56.4 Å². The van der Waals surface area contributed by atoms with Crippen LogP contribution in [-0.4, -0.2) is 39.1 Å². The summed E-state index contributed by atoms with van der Waals surface area (Å²) in [4.78, 5) is 12.8. The Kier molecular flexibility index (Phi) is 7.22. The molecule has 1 amide bonds. The van der Waals surface area contributed by atoms with Crippen molar-refractivity contribution >= 4 is 17.7 Å². The predicted octanol–water partition coefficient (Wildman–Crippen LogP) is 4.40. The van der Waals surface area contributed by atoms with Gasteiger partial charge in [-0.3, -0.25) is 4.79 Å². The van der Waals surface area contributed by atoms with E-state index in [9.17, 15) is 4.79 Å². The van der Waals surface area contributed by atoms with Gasteiger partial charge in [-0.2, -0.15) is 0 Å². The van der Waals surface area contributed by atoms with E-state index < -0.39 is 0 Å². The second-order valence-electron chi connectivity index (χ2n) is 7.92. The molecule has 0 radical (unpaired) electrons. The average molecular weight is 417 g/mol. The summed E-state index contributed by atoms with van der Waals surface area (Å²) >= 11 is 1.47. The van der Waals surface area contributed by atoms with Gasteiger partial charge < -0.3 is 14.6 Å². The normalized spacial score (nSPS) is 22.9. The summed E-state index contributed by atoms with van der Waals surface area (Å²) in [5, 5.41) is 12.6. The summed E-state index contributed by atoms with van der Waals surface area (Å²) in [5.74, 6) is 2.87. The summed E-state index contributed by atoms with van der Waals surface area (Å²) in [7, 11) is 1.65. The lowest BCUT2D eigenvalue weighted by atomic mass is 9.78. The van der Waals surface area contributed by atoms with E-state index in [4.69, 9.17) is 4.74 Å². The summed E-state index contributed by atoms with van der Waals surface area (Å²) in [6, 6.07) is 8.06. The molecule has 1 aromatic heterocycles. The molecule has 1 saturated carbocycles. The zero-order valence-electron chi connectivity index (χ0n) is 18.0. The SMILES string of the molecule is CCn1c(S[C@@H](C)C(=O)N[C@@H]2CCC[C@H](C)[C@@H]2C)nnc1-c1ccc(OC)cc1. The summed E-state index contributed by atoms with van der Waals surface area (Å²) in [5.41, 5.74) is 0.981. The van der Waals surface area contributed by atoms with E-state index in [2.05, 4.69) is 40.9 Å². The third-order valence-electron chi connectivity index (χ3n) is 6.07. The smallest absolute Gasteiger partial charge is 0.233 e. The molecule has 3 rings (SSSR count). The van der Waals surface area contributed by atoms with Gasteiger partial charge in [0.2, 0.25) is 5.91 Å². The van der Waals surface area contributed by atoms with Gasteiger partial charge in [-0.15, -0.1) is 10.2 Å². The molecule has 6 nitrogen and oxygen atoms in total. The minimum atomic E-state index is -0.224. The van der Waals surface area contributed by atoms with Gasteiger partial charge in [-0.1, -0.05) is 38.5 Å². The first-order valence-electron chi connectivity index (χ1n) is 10.5. The lowest BCUT2D eigenvalue weighted by Crippen LogP contribution is -2.46. The molecule has 1 aliphatic rings. The topological polar surface area (TPSA) is 69.0 Å². The molecule has 4 atom stereocenters. The number of hydrogen-bond acceptors (Lipinski definition) is 5. The fraction of sp³-hybridized carbons (Fsp3) is 0.591. The monoisotopic (exact) mass is 416 g/mol. The van der Waals surface area contributed by atoms with Crippen molar-refractivity contribution in [1.82, 2.24) is 20.1 Å². The van der Waals surface area contributed by atoms with Crippen molar-refractivity contribution in [1.29, 1.82) is 0 Å². The number of thioether (sulfide) groups is 1. The number of nitrogens with zero attached hydrogens (tertiary/aromatic N) is 3. The molecule has 7 heteroatoms. The first-order valence-corrected chi connectivity index (χ1v) is 11.4. The molecule has 0 bridgehead atoms. The highest BCUT2D eigenvalue weighted by Gasteiger charge is 2.30. The number of benzene rings is 1. The predicted molar refractivity (Wildman–Crippen MR) is 117 cm³/mol. The summed E-state index contributed by atoms with van der Waals surface area (Å²) in [6.07, 6.45) is 3.51. The maximum absolute atomic E-state index is 12.8. The summed E-state index contributed by atoms with van der Waals surface area (Å²) < 4.78 is 7.29. The second-order valence-corrected chi connectivity index (χ2v) is 9.23. The molecular weight excluding hydrogens is 384 g/mol. The van der Waals surface area contributed by atoms with E-state index in [1.165, 1.54) is 24.6 Å². The van der Waals surface area contributed by atoms with Gasteiger partial charge in [0.05, 0.1) is 12.4 Å². The average Bonchev–Trinajstić information content (AvgIpc) is 3.13. The number of methoxy groups -OCH3 is 1. The molecule has 1 heterocycles. The van der Waals surface area contributed by atoms with Crippen molar-refractivity contribution in [3.8, 4) is 17.1 Å². The standard InChI is InChI=1S/C22H32N4O2S/c1-6-26-20(17-10-12-18(28-5)13-11-17)24-25-22(26)29-16(4)21(27)23-19-9-7-8-14(2)15(19)3/h10-16,19H,6-9H2,1-5H3,(H,23,27)/t14-,15-,16-,19+/m0/s1. The molecular formula is C22H32N4O2S. The molecule has 0 saturated heterocycles. The van der Waals surface area contributed by atoms with E-state index in [0.717, 1.165) is 35.3 Å². The Morgan fingerprint density at radius 2 is 2.00 bits per heavy atom. The van der Waals surface area contributed by atoms with Crippen molar-refractivity contribution in [2.75, 3.05) is 7.11 Å². The van der Waals surface area contributed by atoms with Crippen molar-refractivity contribution in [3.63, 3.8) is 0 Å². The molecule has 2 aromatic rings. The molecule has 1 aliphatic carbocycles. The van der Waals surface area contributed by atoms with Gasteiger partial charge in [0.15, 0.2) is 11.0 Å². The van der Waals surface area contributed by atoms with Crippen LogP contribution in [-0.2, 0) is 11.3 Å². The minimum Gasteiger partial charge on any atom is -0.497 e. The van der Waals surface area contributed by atoms with Crippen LogP contribution >= 0.6 is 11.8 Å². The maximum Gasteiger partial charge on any atom is 0.233 e. The molecule has 158 valence electrons. The number of hydrogen-bond donors (Lipinski definition) is 1. The number of carbonyl (C=O) groups is 1. The van der Waals surface area contributed by atoms with E-state index >= 15 is 0 Å². The third kappa shape index (κ3) is 4.94. The van der Waals surface area contributed by atoms with Crippen molar-refractivity contribution in [2.45, 2.75) is 70.0 Å².